The van der Waals surface area contributed by atoms with Crippen LogP contribution in [-0.2, 0) is 0 Å². The highest BCUT2D eigenvalue weighted by atomic mass is 127. The Labute approximate surface area is 93.1 Å². The topological polar surface area (TPSA) is 44.9 Å². The van der Waals surface area contributed by atoms with Crippen LogP contribution in [0.5, 0.6) is 0 Å². The van der Waals surface area contributed by atoms with Crippen molar-refractivity contribution in [1.29, 1.82) is 0 Å². The second-order valence-corrected chi connectivity index (χ2v) is 2.51. The fourth-order valence-corrected chi connectivity index (χ4v) is 1.03. The number of rotatable bonds is 1. The Hall–Kier alpha value is -0.980. The number of imidazole rings is 1. The number of hydrogen-bond donors (Lipinski definition) is 0. The van der Waals surface area contributed by atoms with Crippen LogP contribution in [0.3, 0.4) is 0 Å². The second-order valence-electron chi connectivity index (χ2n) is 2.51. The van der Waals surface area contributed by atoms with Crippen LogP contribution in [0.2, 0.25) is 0 Å². The molecular formula is C8H9IN4. The maximum atomic E-state index is 4.15. The average molecular weight is 288 g/mol. The van der Waals surface area contributed by atoms with E-state index in [9.17, 15) is 0 Å². The van der Waals surface area contributed by atoms with Crippen molar-refractivity contribution in [2.45, 2.75) is 6.92 Å². The third-order valence-electron chi connectivity index (χ3n) is 1.64. The molecule has 5 heteroatoms. The molecule has 0 atom stereocenters. The molecule has 0 aromatic carbocycles. The largest absolute Gasteiger partial charge is 1.00 e. The Kier molecular flexibility index (Phi) is 3.35. The van der Waals surface area contributed by atoms with E-state index in [-0.39, 0.29) is 24.0 Å². The third kappa shape index (κ3) is 2.03. The van der Waals surface area contributed by atoms with Crippen LogP contribution in [-0.4, -0.2) is 14.5 Å². The average Bonchev–Trinajstić information content (AvgIpc) is 2.53. The van der Waals surface area contributed by atoms with Gasteiger partial charge >= 0.3 is 5.95 Å². The van der Waals surface area contributed by atoms with Crippen LogP contribution in [0.25, 0.3) is 5.95 Å². The molecule has 0 saturated heterocycles. The van der Waals surface area contributed by atoms with Crippen LogP contribution >= 0.6 is 0 Å². The van der Waals surface area contributed by atoms with Gasteiger partial charge < -0.3 is 24.0 Å². The molecular weight excluding hydrogens is 279 g/mol. The Balaban J connectivity index is 0.000000845. The lowest BCUT2D eigenvalue weighted by molar-refractivity contribution is -0.377. The first-order valence-electron chi connectivity index (χ1n) is 3.70. The molecule has 0 bridgehead atoms. The first-order valence-corrected chi connectivity index (χ1v) is 3.70. The molecule has 0 aliphatic heterocycles. The normalized spacial score (nSPS) is 9.31. The molecule has 2 aromatic heterocycles. The predicted molar refractivity (Wildman–Crippen MR) is 42.7 cm³/mol. The molecule has 0 spiro atoms. The van der Waals surface area contributed by atoms with Gasteiger partial charge in [-0.05, 0) is 6.92 Å². The van der Waals surface area contributed by atoms with E-state index in [1.165, 1.54) is 0 Å². The monoisotopic (exact) mass is 288 g/mol. The molecule has 0 amide bonds. The summed E-state index contributed by atoms with van der Waals surface area (Å²) in [6, 6.07) is 1.84. The zero-order chi connectivity index (χ0) is 8.39. The predicted octanol–water partition coefficient (Wildman–Crippen LogP) is -2.61. The molecule has 2 heterocycles. The summed E-state index contributed by atoms with van der Waals surface area (Å²) in [7, 11) is 0. The molecule has 0 radical (unpaired) electrons. The maximum Gasteiger partial charge on any atom is 0.402 e. The van der Waals surface area contributed by atoms with Crippen molar-refractivity contribution in [1.82, 2.24) is 14.5 Å². The lowest BCUT2D eigenvalue weighted by Gasteiger charge is -1.91. The highest BCUT2D eigenvalue weighted by Gasteiger charge is 2.08. The van der Waals surface area contributed by atoms with E-state index in [0.29, 0.717) is 0 Å². The van der Waals surface area contributed by atoms with Gasteiger partial charge in [0.15, 0.2) is 6.33 Å². The fourth-order valence-electron chi connectivity index (χ4n) is 1.03. The van der Waals surface area contributed by atoms with E-state index in [4.69, 9.17) is 0 Å². The van der Waals surface area contributed by atoms with Crippen molar-refractivity contribution in [3.8, 4) is 5.95 Å². The van der Waals surface area contributed by atoms with Gasteiger partial charge in [0.25, 0.3) is 0 Å². The Morgan fingerprint density at radius 1 is 1.46 bits per heavy atom. The molecule has 1 N–H and O–H groups in total. The minimum Gasteiger partial charge on any atom is -1.00 e. The number of aryl methyl sites for hydroxylation is 1. The smallest absolute Gasteiger partial charge is 0.402 e. The van der Waals surface area contributed by atoms with Gasteiger partial charge in [-0.3, -0.25) is 0 Å². The van der Waals surface area contributed by atoms with Gasteiger partial charge in [0.05, 0.1) is 12.4 Å². The van der Waals surface area contributed by atoms with Gasteiger partial charge in [-0.15, -0.1) is 0 Å². The van der Waals surface area contributed by atoms with Crippen molar-refractivity contribution in [2.24, 2.45) is 0 Å². The highest BCUT2D eigenvalue weighted by molar-refractivity contribution is 5.09. The van der Waals surface area contributed by atoms with Gasteiger partial charge in [0.1, 0.15) is 11.9 Å². The molecule has 4 nitrogen and oxygen atoms in total. The minimum atomic E-state index is 0. The van der Waals surface area contributed by atoms with Crippen molar-refractivity contribution in [3.63, 3.8) is 0 Å². The summed E-state index contributed by atoms with van der Waals surface area (Å²) >= 11 is 0. The lowest BCUT2D eigenvalue weighted by Crippen LogP contribution is -3.00. The Morgan fingerprint density at radius 3 is 2.85 bits per heavy atom. The number of H-pyrrole nitrogens is 1. The maximum absolute atomic E-state index is 4.15. The van der Waals surface area contributed by atoms with E-state index in [2.05, 4.69) is 15.0 Å². The van der Waals surface area contributed by atoms with Crippen LogP contribution < -0.4 is 29.0 Å². The van der Waals surface area contributed by atoms with Crippen molar-refractivity contribution in [2.75, 3.05) is 0 Å². The first-order chi connectivity index (χ1) is 5.88. The fraction of sp³-hybridized carbons (Fsp3) is 0.125. The van der Waals surface area contributed by atoms with Crippen LogP contribution in [0, 0.1) is 6.92 Å². The number of aromatic amines is 1. The standard InChI is InChI=1S/C8H8N4.HI/c1-7-5-9-6-12(7)8-10-3-2-4-11-8;/h2-6H,1H3;1H. The van der Waals surface area contributed by atoms with Crippen molar-refractivity contribution >= 4 is 0 Å². The molecule has 2 rings (SSSR count). The van der Waals surface area contributed by atoms with Crippen molar-refractivity contribution < 1.29 is 29.0 Å². The van der Waals surface area contributed by atoms with E-state index in [0.717, 1.165) is 11.6 Å². The summed E-state index contributed by atoms with van der Waals surface area (Å²) < 4.78 is 1.89. The molecule has 0 unspecified atom stereocenters. The van der Waals surface area contributed by atoms with Crippen LogP contribution in [0.1, 0.15) is 5.69 Å². The van der Waals surface area contributed by atoms with Gasteiger partial charge in [0.2, 0.25) is 0 Å². The molecule has 2 aromatic rings. The minimum absolute atomic E-state index is 0. The van der Waals surface area contributed by atoms with E-state index in [1.54, 1.807) is 18.7 Å². The van der Waals surface area contributed by atoms with Gasteiger partial charge in [-0.1, -0.05) is 4.98 Å². The number of aromatic nitrogens is 4. The van der Waals surface area contributed by atoms with E-state index >= 15 is 0 Å². The quantitative estimate of drug-likeness (QED) is 0.540. The Bertz CT molecular complexity index is 371. The van der Waals surface area contributed by atoms with Crippen molar-refractivity contribution in [3.05, 3.63) is 36.7 Å². The van der Waals surface area contributed by atoms with E-state index < -0.39 is 0 Å². The number of nitrogens with zero attached hydrogens (tertiary/aromatic N) is 3. The number of halogens is 1. The summed E-state index contributed by atoms with van der Waals surface area (Å²) in [5, 5.41) is 0. The third-order valence-corrected chi connectivity index (χ3v) is 1.64. The van der Waals surface area contributed by atoms with Crippen LogP contribution in [0.15, 0.2) is 31.0 Å². The SMILES string of the molecule is Cc1cncn1-c1nccc[nH+]1.[I-]. The van der Waals surface area contributed by atoms with Crippen LogP contribution in [0.4, 0.5) is 0 Å². The van der Waals surface area contributed by atoms with Gasteiger partial charge in [-0.2, -0.15) is 4.57 Å². The summed E-state index contributed by atoms with van der Waals surface area (Å²) in [4.78, 5) is 11.2. The van der Waals surface area contributed by atoms with Gasteiger partial charge in [0, 0.05) is 6.07 Å². The summed E-state index contributed by atoms with van der Waals surface area (Å²) in [5.74, 6) is 0.785. The van der Waals surface area contributed by atoms with Gasteiger partial charge in [-0.25, -0.2) is 9.97 Å². The summed E-state index contributed by atoms with van der Waals surface area (Å²) in [5.41, 5.74) is 1.06. The summed E-state index contributed by atoms with van der Waals surface area (Å²) in [6.45, 7) is 1.98. The lowest BCUT2D eigenvalue weighted by atomic mass is 10.5. The highest BCUT2D eigenvalue weighted by Crippen LogP contribution is 1.99. The summed E-state index contributed by atoms with van der Waals surface area (Å²) in [6.07, 6.45) is 7.10. The molecule has 13 heavy (non-hydrogen) atoms. The van der Waals surface area contributed by atoms with E-state index in [1.807, 2.05) is 23.8 Å². The first kappa shape index (κ1) is 10.1. The zero-order valence-corrected chi connectivity index (χ0v) is 9.26. The molecule has 0 aliphatic rings. The Morgan fingerprint density at radius 2 is 2.31 bits per heavy atom. The zero-order valence-electron chi connectivity index (χ0n) is 7.11. The number of hydrogen-bond acceptors (Lipinski definition) is 2. The molecule has 68 valence electrons. The molecule has 0 fully saturated rings. The molecule has 0 saturated carbocycles. The number of nitrogens with one attached hydrogen (secondary N) is 1. The second kappa shape index (κ2) is 4.31. The molecule has 0 aliphatic carbocycles.